The minimum absolute atomic E-state index is 0.192. The molecule has 0 saturated carbocycles. The van der Waals surface area contributed by atoms with E-state index < -0.39 is 6.04 Å². The van der Waals surface area contributed by atoms with Crippen molar-refractivity contribution in [3.63, 3.8) is 0 Å². The summed E-state index contributed by atoms with van der Waals surface area (Å²) in [5, 5.41) is 0. The Kier molecular flexibility index (Phi) is 7.54. The number of rotatable bonds is 8. The molecule has 3 nitrogen and oxygen atoms in total. The van der Waals surface area contributed by atoms with Crippen LogP contribution in [0.1, 0.15) is 33.2 Å². The van der Waals surface area contributed by atoms with Gasteiger partial charge in [0, 0.05) is 29.7 Å². The minimum atomic E-state index is -0.435. The zero-order valence-electron chi connectivity index (χ0n) is 20.1. The van der Waals surface area contributed by atoms with Gasteiger partial charge in [-0.2, -0.15) is 4.57 Å². The SMILES string of the molecule is CCOC(=O)C(CC(C)C)[n+]1c(-c2ccccc2)cc(-c2ccccc2)cc1-c1ccccc1. The van der Waals surface area contributed by atoms with Gasteiger partial charge in [0.25, 0.3) is 6.04 Å². The number of hydrogen-bond donors (Lipinski definition) is 0. The number of hydrogen-bond acceptors (Lipinski definition) is 2. The molecule has 0 aliphatic heterocycles. The predicted octanol–water partition coefficient (Wildman–Crippen LogP) is 7.13. The van der Waals surface area contributed by atoms with Crippen molar-refractivity contribution in [2.75, 3.05) is 6.61 Å². The number of esters is 1. The molecule has 0 aliphatic rings. The quantitative estimate of drug-likeness (QED) is 0.211. The molecule has 34 heavy (non-hydrogen) atoms. The van der Waals surface area contributed by atoms with E-state index in [1.165, 1.54) is 0 Å². The van der Waals surface area contributed by atoms with Gasteiger partial charge < -0.3 is 4.74 Å². The Balaban J connectivity index is 2.07. The van der Waals surface area contributed by atoms with E-state index in [1.807, 2.05) is 49.4 Å². The van der Waals surface area contributed by atoms with E-state index in [0.717, 1.165) is 33.6 Å². The van der Waals surface area contributed by atoms with Crippen molar-refractivity contribution in [1.82, 2.24) is 0 Å². The van der Waals surface area contributed by atoms with E-state index in [2.05, 4.69) is 79.1 Å². The van der Waals surface area contributed by atoms with E-state index in [-0.39, 0.29) is 5.97 Å². The number of ether oxygens (including phenoxy) is 1. The van der Waals surface area contributed by atoms with E-state index >= 15 is 0 Å². The highest BCUT2D eigenvalue weighted by molar-refractivity contribution is 5.76. The lowest BCUT2D eigenvalue weighted by atomic mass is 9.96. The van der Waals surface area contributed by atoms with Gasteiger partial charge in [0.15, 0.2) is 0 Å². The monoisotopic (exact) mass is 450 g/mol. The van der Waals surface area contributed by atoms with Gasteiger partial charge in [-0.15, -0.1) is 0 Å². The average Bonchev–Trinajstić information content (AvgIpc) is 2.88. The third-order valence-electron chi connectivity index (χ3n) is 5.91. The van der Waals surface area contributed by atoms with Gasteiger partial charge in [0.2, 0.25) is 11.4 Å². The van der Waals surface area contributed by atoms with Crippen molar-refractivity contribution in [3.8, 4) is 33.6 Å². The maximum absolute atomic E-state index is 13.4. The first kappa shape index (κ1) is 23.4. The number of pyridine rings is 1. The van der Waals surface area contributed by atoms with Crippen LogP contribution in [0.4, 0.5) is 0 Å². The van der Waals surface area contributed by atoms with Crippen LogP contribution < -0.4 is 4.57 Å². The van der Waals surface area contributed by atoms with E-state index in [1.54, 1.807) is 0 Å². The Bertz CT molecular complexity index is 1160. The Morgan fingerprint density at radius 1 is 0.706 bits per heavy atom. The van der Waals surface area contributed by atoms with Crippen molar-refractivity contribution in [3.05, 3.63) is 103 Å². The minimum Gasteiger partial charge on any atom is -0.461 e. The summed E-state index contributed by atoms with van der Waals surface area (Å²) in [6.45, 7) is 6.52. The molecule has 0 radical (unpaired) electrons. The van der Waals surface area contributed by atoms with Gasteiger partial charge in [0.05, 0.1) is 6.61 Å². The fraction of sp³-hybridized carbons (Fsp3) is 0.226. The fourth-order valence-corrected chi connectivity index (χ4v) is 4.39. The first-order valence-electron chi connectivity index (χ1n) is 12.0. The summed E-state index contributed by atoms with van der Waals surface area (Å²) >= 11 is 0. The highest BCUT2D eigenvalue weighted by Crippen LogP contribution is 2.31. The van der Waals surface area contributed by atoms with Crippen LogP contribution in [0.25, 0.3) is 33.6 Å². The Hall–Kier alpha value is -3.72. The molecular formula is C31H32NO2+. The molecule has 1 aromatic heterocycles. The molecule has 4 rings (SSSR count). The van der Waals surface area contributed by atoms with Crippen molar-refractivity contribution < 1.29 is 14.1 Å². The zero-order valence-corrected chi connectivity index (χ0v) is 20.1. The van der Waals surface area contributed by atoms with Crippen molar-refractivity contribution in [1.29, 1.82) is 0 Å². The third-order valence-corrected chi connectivity index (χ3v) is 5.91. The molecule has 0 N–H and O–H groups in total. The van der Waals surface area contributed by atoms with Crippen LogP contribution in [0.3, 0.4) is 0 Å². The molecule has 1 atom stereocenters. The first-order valence-corrected chi connectivity index (χ1v) is 12.0. The average molecular weight is 451 g/mol. The van der Waals surface area contributed by atoms with Crippen molar-refractivity contribution in [2.24, 2.45) is 5.92 Å². The van der Waals surface area contributed by atoms with Crippen LogP contribution in [0.15, 0.2) is 103 Å². The molecule has 0 fully saturated rings. The van der Waals surface area contributed by atoms with Crippen LogP contribution in [0.5, 0.6) is 0 Å². The molecule has 172 valence electrons. The van der Waals surface area contributed by atoms with Gasteiger partial charge >= 0.3 is 5.97 Å². The second-order valence-corrected chi connectivity index (χ2v) is 8.88. The van der Waals surface area contributed by atoms with Crippen LogP contribution in [-0.4, -0.2) is 12.6 Å². The van der Waals surface area contributed by atoms with Crippen LogP contribution in [-0.2, 0) is 9.53 Å². The Morgan fingerprint density at radius 3 is 1.56 bits per heavy atom. The number of nitrogens with zero attached hydrogens (tertiary/aromatic N) is 1. The second kappa shape index (κ2) is 10.9. The standard InChI is InChI=1S/C31H32NO2/c1-4-34-31(33)30(20-23(2)3)32-28(25-16-10-6-11-17-25)21-27(24-14-8-5-9-15-24)22-29(32)26-18-12-7-13-19-26/h5-19,21-23,30H,4,20H2,1-3H3/q+1. The Morgan fingerprint density at radius 2 is 1.15 bits per heavy atom. The predicted molar refractivity (Wildman–Crippen MR) is 138 cm³/mol. The van der Waals surface area contributed by atoms with Crippen molar-refractivity contribution in [2.45, 2.75) is 33.2 Å². The van der Waals surface area contributed by atoms with Gasteiger partial charge in [-0.3, -0.25) is 0 Å². The summed E-state index contributed by atoms with van der Waals surface area (Å²) in [5.41, 5.74) is 6.38. The lowest BCUT2D eigenvalue weighted by Crippen LogP contribution is -2.49. The molecule has 1 heterocycles. The molecular weight excluding hydrogens is 418 g/mol. The third kappa shape index (κ3) is 5.26. The zero-order chi connectivity index (χ0) is 23.9. The summed E-state index contributed by atoms with van der Waals surface area (Å²) in [4.78, 5) is 13.4. The molecule has 1 unspecified atom stereocenters. The summed E-state index contributed by atoms with van der Waals surface area (Å²) < 4.78 is 7.79. The summed E-state index contributed by atoms with van der Waals surface area (Å²) in [5.74, 6) is 0.131. The molecule has 0 amide bonds. The number of carbonyl (C=O) groups excluding carboxylic acids is 1. The molecule has 0 saturated heterocycles. The maximum Gasteiger partial charge on any atom is 0.375 e. The summed E-state index contributed by atoms with van der Waals surface area (Å²) in [6, 6.07) is 35.0. The lowest BCUT2D eigenvalue weighted by Gasteiger charge is -2.20. The normalized spacial score (nSPS) is 11.9. The first-order chi connectivity index (χ1) is 16.6. The largest absolute Gasteiger partial charge is 0.461 e. The van der Waals surface area contributed by atoms with Gasteiger partial charge in [-0.25, -0.2) is 4.79 Å². The van der Waals surface area contributed by atoms with Crippen molar-refractivity contribution >= 4 is 5.97 Å². The molecule has 0 spiro atoms. The topological polar surface area (TPSA) is 30.2 Å². The summed E-state index contributed by atoms with van der Waals surface area (Å²) in [7, 11) is 0. The van der Waals surface area contributed by atoms with E-state index in [9.17, 15) is 4.79 Å². The smallest absolute Gasteiger partial charge is 0.375 e. The van der Waals surface area contributed by atoms with E-state index in [4.69, 9.17) is 4.74 Å². The van der Waals surface area contributed by atoms with Gasteiger partial charge in [-0.05, 0) is 48.2 Å². The molecule has 0 bridgehead atoms. The number of carbonyl (C=O) groups is 1. The van der Waals surface area contributed by atoms with Crippen LogP contribution in [0.2, 0.25) is 0 Å². The molecule has 3 heteroatoms. The second-order valence-electron chi connectivity index (χ2n) is 8.88. The highest BCUT2D eigenvalue weighted by atomic mass is 16.5. The van der Waals surface area contributed by atoms with Crippen LogP contribution in [0, 0.1) is 5.92 Å². The maximum atomic E-state index is 13.4. The highest BCUT2D eigenvalue weighted by Gasteiger charge is 2.36. The lowest BCUT2D eigenvalue weighted by molar-refractivity contribution is -0.691. The molecule has 3 aromatic carbocycles. The molecule has 0 aliphatic carbocycles. The van der Waals surface area contributed by atoms with Crippen LogP contribution >= 0.6 is 0 Å². The van der Waals surface area contributed by atoms with E-state index in [0.29, 0.717) is 18.9 Å². The van der Waals surface area contributed by atoms with Gasteiger partial charge in [-0.1, -0.05) is 80.6 Å². The van der Waals surface area contributed by atoms with Gasteiger partial charge in [0.1, 0.15) is 0 Å². The number of benzene rings is 3. The molecule has 4 aromatic rings. The Labute approximate surface area is 202 Å². The fourth-order valence-electron chi connectivity index (χ4n) is 4.39. The summed E-state index contributed by atoms with van der Waals surface area (Å²) in [6.07, 6.45) is 0.688. The number of aromatic nitrogens is 1.